The zero-order valence-electron chi connectivity index (χ0n) is 24.4. The number of alkyl halides is 3. The minimum Gasteiger partial charge on any atom is -0.481 e. The Bertz CT molecular complexity index is 2120. The summed E-state index contributed by atoms with van der Waals surface area (Å²) in [7, 11) is 0. The summed E-state index contributed by atoms with van der Waals surface area (Å²) in [5.41, 5.74) is 2.32. The molecule has 8 heterocycles. The number of fused-ring (bicyclic) bond motifs is 6. The molecular formula is C28H26F3N13O3. The van der Waals surface area contributed by atoms with Gasteiger partial charge in [-0.3, -0.25) is 19.8 Å². The van der Waals surface area contributed by atoms with E-state index in [4.69, 9.17) is 5.11 Å². The van der Waals surface area contributed by atoms with E-state index in [1.165, 1.54) is 0 Å². The highest BCUT2D eigenvalue weighted by molar-refractivity contribution is 6.09. The van der Waals surface area contributed by atoms with Crippen molar-refractivity contribution in [2.75, 3.05) is 42.5 Å². The Kier molecular flexibility index (Phi) is 7.57. The minimum absolute atomic E-state index is 0.291. The molecule has 0 aromatic carbocycles. The molecule has 2 unspecified atom stereocenters. The van der Waals surface area contributed by atoms with Gasteiger partial charge in [-0.2, -0.15) is 23.4 Å². The van der Waals surface area contributed by atoms with Gasteiger partial charge in [0.15, 0.2) is 11.3 Å². The lowest BCUT2D eigenvalue weighted by molar-refractivity contribution is -0.140. The summed E-state index contributed by atoms with van der Waals surface area (Å²) >= 11 is 0. The second-order valence-electron chi connectivity index (χ2n) is 11.3. The van der Waals surface area contributed by atoms with Crippen LogP contribution in [0.15, 0.2) is 36.9 Å². The van der Waals surface area contributed by atoms with Crippen molar-refractivity contribution in [3.8, 4) is 0 Å². The Morgan fingerprint density at radius 1 is 0.830 bits per heavy atom. The fourth-order valence-electron chi connectivity index (χ4n) is 6.01. The van der Waals surface area contributed by atoms with Crippen LogP contribution in [0.3, 0.4) is 0 Å². The predicted molar refractivity (Wildman–Crippen MR) is 161 cm³/mol. The summed E-state index contributed by atoms with van der Waals surface area (Å²) in [4.78, 5) is 35.3. The van der Waals surface area contributed by atoms with Gasteiger partial charge in [0.05, 0.1) is 35.0 Å². The Labute approximate surface area is 261 Å². The van der Waals surface area contributed by atoms with Crippen molar-refractivity contribution in [2.45, 2.75) is 19.0 Å². The van der Waals surface area contributed by atoms with Crippen LogP contribution in [-0.4, -0.2) is 107 Å². The van der Waals surface area contributed by atoms with Crippen molar-refractivity contribution in [1.29, 1.82) is 0 Å². The highest BCUT2D eigenvalue weighted by Gasteiger charge is 2.34. The van der Waals surface area contributed by atoms with E-state index in [-0.39, 0.29) is 5.92 Å². The number of H-pyrrole nitrogens is 2. The number of nitrogens with zero attached hydrogens (tertiary/aromatic N) is 10. The number of hydrogen-bond acceptors (Lipinski definition) is 12. The van der Waals surface area contributed by atoms with E-state index in [0.717, 1.165) is 27.4 Å². The van der Waals surface area contributed by atoms with Crippen molar-refractivity contribution in [3.63, 3.8) is 0 Å². The summed E-state index contributed by atoms with van der Waals surface area (Å²) in [5, 5.41) is 44.8. The molecule has 4 N–H and O–H groups in total. The van der Waals surface area contributed by atoms with Gasteiger partial charge in [-0.05, 0) is 25.0 Å². The highest BCUT2D eigenvalue weighted by Crippen LogP contribution is 2.33. The van der Waals surface area contributed by atoms with Gasteiger partial charge in [0.2, 0.25) is 5.91 Å². The van der Waals surface area contributed by atoms with Crippen molar-refractivity contribution in [3.05, 3.63) is 36.9 Å². The van der Waals surface area contributed by atoms with Crippen LogP contribution in [0.2, 0.25) is 0 Å². The Balaban J connectivity index is 0.000000153. The first-order valence-corrected chi connectivity index (χ1v) is 14.6. The summed E-state index contributed by atoms with van der Waals surface area (Å²) in [6, 6.07) is 3.70. The molecule has 2 fully saturated rings. The second-order valence-corrected chi connectivity index (χ2v) is 11.3. The zero-order chi connectivity index (χ0) is 32.7. The molecule has 47 heavy (non-hydrogen) atoms. The third kappa shape index (κ3) is 5.86. The normalized spacial score (nSPS) is 18.3. The van der Waals surface area contributed by atoms with Crippen molar-refractivity contribution >= 4 is 67.4 Å². The van der Waals surface area contributed by atoms with Gasteiger partial charge < -0.3 is 20.2 Å². The van der Waals surface area contributed by atoms with Crippen LogP contribution in [-0.2, 0) is 9.59 Å². The van der Waals surface area contributed by atoms with Crippen LogP contribution < -0.4 is 15.1 Å². The number of aromatic nitrogens is 10. The van der Waals surface area contributed by atoms with E-state index in [2.05, 4.69) is 50.8 Å². The predicted octanol–water partition coefficient (Wildman–Crippen LogP) is 2.22. The van der Waals surface area contributed by atoms with E-state index in [1.54, 1.807) is 24.8 Å². The van der Waals surface area contributed by atoms with Gasteiger partial charge in [-0.1, -0.05) is 0 Å². The fourth-order valence-corrected chi connectivity index (χ4v) is 6.01. The van der Waals surface area contributed by atoms with Crippen LogP contribution in [0, 0.1) is 11.8 Å². The average Bonchev–Trinajstić information content (AvgIpc) is 3.89. The first-order valence-electron chi connectivity index (χ1n) is 14.6. The van der Waals surface area contributed by atoms with E-state index < -0.39 is 30.5 Å². The second kappa shape index (κ2) is 11.9. The number of carbonyl (C=O) groups excluding carboxylic acids is 1. The Hall–Kier alpha value is -5.75. The topological polar surface area (TPSA) is 208 Å². The number of rotatable bonds is 5. The van der Waals surface area contributed by atoms with Crippen molar-refractivity contribution < 1.29 is 27.9 Å². The fraction of sp³-hybridized carbons (Fsp3) is 0.357. The molecular weight excluding hydrogens is 623 g/mol. The number of halogens is 3. The number of amides is 1. The largest absolute Gasteiger partial charge is 0.481 e. The van der Waals surface area contributed by atoms with E-state index in [9.17, 15) is 22.8 Å². The summed E-state index contributed by atoms with van der Waals surface area (Å²) < 4.78 is 36.8. The van der Waals surface area contributed by atoms with Crippen LogP contribution >= 0.6 is 0 Å². The first-order chi connectivity index (χ1) is 22.7. The highest BCUT2D eigenvalue weighted by atomic mass is 19.4. The van der Waals surface area contributed by atoms with E-state index in [1.807, 2.05) is 27.2 Å². The number of carbonyl (C=O) groups is 2. The Morgan fingerprint density at radius 2 is 1.34 bits per heavy atom. The molecule has 0 bridgehead atoms. The number of hydrogen-bond donors (Lipinski definition) is 4. The van der Waals surface area contributed by atoms with Gasteiger partial charge >= 0.3 is 12.1 Å². The van der Waals surface area contributed by atoms with Gasteiger partial charge in [0, 0.05) is 49.3 Å². The third-order valence-corrected chi connectivity index (χ3v) is 8.29. The molecule has 1 amide bonds. The van der Waals surface area contributed by atoms with Crippen LogP contribution in [0.25, 0.3) is 43.9 Å². The molecule has 0 aliphatic carbocycles. The molecule has 0 spiro atoms. The quantitative estimate of drug-likeness (QED) is 0.212. The van der Waals surface area contributed by atoms with Crippen LogP contribution in [0.5, 0.6) is 0 Å². The molecule has 19 heteroatoms. The van der Waals surface area contributed by atoms with Crippen molar-refractivity contribution in [2.24, 2.45) is 11.8 Å². The molecule has 8 rings (SSSR count). The molecule has 2 saturated heterocycles. The monoisotopic (exact) mass is 649 g/mol. The maximum Gasteiger partial charge on any atom is 0.405 e. The number of nitrogens with one attached hydrogen (secondary N) is 3. The summed E-state index contributed by atoms with van der Waals surface area (Å²) in [6.07, 6.45) is 3.13. The number of carboxylic acids is 1. The third-order valence-electron chi connectivity index (χ3n) is 8.29. The van der Waals surface area contributed by atoms with E-state index in [0.29, 0.717) is 67.2 Å². The van der Waals surface area contributed by atoms with Gasteiger partial charge in [-0.25, -0.2) is 9.97 Å². The maximum atomic E-state index is 12.3. The van der Waals surface area contributed by atoms with Crippen LogP contribution in [0.4, 0.5) is 24.8 Å². The number of carboxylic acid groups (broad SMARTS) is 1. The molecule has 242 valence electrons. The first kappa shape index (κ1) is 29.9. The number of aromatic amines is 2. The van der Waals surface area contributed by atoms with Gasteiger partial charge in [0.1, 0.15) is 29.2 Å². The van der Waals surface area contributed by atoms with Crippen LogP contribution in [0.1, 0.15) is 12.8 Å². The maximum absolute atomic E-state index is 12.3. The zero-order valence-corrected chi connectivity index (χ0v) is 24.4. The summed E-state index contributed by atoms with van der Waals surface area (Å²) in [6.45, 7) is 0.620. The van der Waals surface area contributed by atoms with Gasteiger partial charge in [-0.15, -0.1) is 20.4 Å². The molecule has 6 aromatic heterocycles. The Morgan fingerprint density at radius 3 is 1.83 bits per heavy atom. The van der Waals surface area contributed by atoms with Gasteiger partial charge in [0.25, 0.3) is 0 Å². The minimum atomic E-state index is -4.42. The summed E-state index contributed by atoms with van der Waals surface area (Å²) in [5.74, 6) is -0.796. The molecule has 2 aliphatic rings. The molecule has 2 aliphatic heterocycles. The van der Waals surface area contributed by atoms with E-state index >= 15 is 0 Å². The SMILES string of the molecule is O=C(NCC(F)(F)F)C1CCN(c2[nH]ncc3nnc4nccc4c23)C1.O=C(O)C1CCN(c2[nH]ncc3nnc4nccc4c23)C1. The lowest BCUT2D eigenvalue weighted by Gasteiger charge is -2.19. The molecule has 0 radical (unpaired) electrons. The molecule has 16 nitrogen and oxygen atoms in total. The lowest BCUT2D eigenvalue weighted by Crippen LogP contribution is -2.38. The smallest absolute Gasteiger partial charge is 0.405 e. The lowest BCUT2D eigenvalue weighted by atomic mass is 10.1. The average molecular weight is 650 g/mol. The van der Waals surface area contributed by atoms with Crippen molar-refractivity contribution in [1.82, 2.24) is 56.1 Å². The number of anilines is 2. The molecule has 6 aromatic rings. The molecule has 0 saturated carbocycles. The number of aliphatic carboxylic acids is 1. The molecule has 2 atom stereocenters. The standard InChI is InChI=1S/C15H14F3N7O.C13H12N6O2/c16-15(17,18)7-20-14(26)8-2-4-25(6-8)13-11-9-1-3-19-12(9)23-22-10(11)5-21-24-13;20-13(21)7-2-4-19(6-7)12-10-8-1-3-14-11(8)17-16-9(10)5-15-18-12/h1,3,5,8,24H,2,4,6-7H2,(H,20,26);1,3,5,7,18H,2,4,6H2,(H,20,21).